The molecule has 0 aliphatic heterocycles. The van der Waals surface area contributed by atoms with Crippen molar-refractivity contribution in [3.05, 3.63) is 35.6 Å². The molecule has 2 nitrogen and oxygen atoms in total. The molecule has 0 radical (unpaired) electrons. The molecule has 18 heavy (non-hydrogen) atoms. The summed E-state index contributed by atoms with van der Waals surface area (Å²) in [4.78, 5) is 2.24. The van der Waals surface area contributed by atoms with Crippen LogP contribution in [0.4, 0.5) is 4.39 Å². The molecule has 102 valence electrons. The second kappa shape index (κ2) is 7.77. The Kier molecular flexibility index (Phi) is 6.68. The molecule has 4 heteroatoms. The van der Waals surface area contributed by atoms with Crippen molar-refractivity contribution in [2.45, 2.75) is 25.5 Å². The average molecular weight is 271 g/mol. The highest BCUT2D eigenvalue weighted by atomic mass is 32.2. The highest BCUT2D eigenvalue weighted by molar-refractivity contribution is 7.98. The molecule has 1 rings (SSSR count). The molecule has 0 amide bonds. The number of nitrogens with zero attached hydrogens (tertiary/aromatic N) is 1. The van der Waals surface area contributed by atoms with Crippen LogP contribution in [0.25, 0.3) is 0 Å². The van der Waals surface area contributed by atoms with E-state index < -0.39 is 6.10 Å². The van der Waals surface area contributed by atoms with E-state index in [9.17, 15) is 9.50 Å². The third-order valence-corrected chi connectivity index (χ3v) is 3.99. The summed E-state index contributed by atoms with van der Waals surface area (Å²) < 4.78 is 12.8. The Labute approximate surface area is 113 Å². The summed E-state index contributed by atoms with van der Waals surface area (Å²) >= 11 is 1.82. The first-order valence-electron chi connectivity index (χ1n) is 6.17. The van der Waals surface area contributed by atoms with Gasteiger partial charge >= 0.3 is 0 Å². The summed E-state index contributed by atoms with van der Waals surface area (Å²) in [6, 6.07) is 6.56. The topological polar surface area (TPSA) is 23.5 Å². The minimum Gasteiger partial charge on any atom is -0.388 e. The minimum absolute atomic E-state index is 0.267. The molecule has 0 fully saturated rings. The van der Waals surface area contributed by atoms with E-state index in [2.05, 4.69) is 25.1 Å². The smallest absolute Gasteiger partial charge is 0.123 e. The Bertz CT molecular complexity index is 344. The summed E-state index contributed by atoms with van der Waals surface area (Å²) in [5, 5.41) is 10.0. The van der Waals surface area contributed by atoms with Gasteiger partial charge in [0.25, 0.3) is 0 Å². The van der Waals surface area contributed by atoms with E-state index in [1.165, 1.54) is 12.1 Å². The van der Waals surface area contributed by atoms with Gasteiger partial charge in [0.2, 0.25) is 0 Å². The van der Waals surface area contributed by atoms with Gasteiger partial charge in [-0.3, -0.25) is 0 Å². The Balaban J connectivity index is 2.41. The van der Waals surface area contributed by atoms with Gasteiger partial charge in [-0.25, -0.2) is 4.39 Å². The molecule has 0 aliphatic carbocycles. The van der Waals surface area contributed by atoms with Gasteiger partial charge in [-0.15, -0.1) is 0 Å². The molecule has 0 aromatic heterocycles. The predicted octanol–water partition coefficient (Wildman–Crippen LogP) is 2.93. The van der Waals surface area contributed by atoms with Crippen molar-refractivity contribution in [1.82, 2.24) is 4.90 Å². The number of aliphatic hydroxyl groups is 1. The molecule has 2 atom stereocenters. The Hall–Kier alpha value is -0.580. The van der Waals surface area contributed by atoms with Crippen LogP contribution in [-0.4, -0.2) is 41.6 Å². The molecule has 0 spiro atoms. The van der Waals surface area contributed by atoms with Gasteiger partial charge in [-0.1, -0.05) is 12.1 Å². The second-order valence-corrected chi connectivity index (χ2v) is 5.55. The van der Waals surface area contributed by atoms with E-state index >= 15 is 0 Å². The second-order valence-electron chi connectivity index (χ2n) is 4.64. The van der Waals surface area contributed by atoms with Crippen molar-refractivity contribution in [3.8, 4) is 0 Å². The number of aliphatic hydroxyl groups excluding tert-OH is 1. The van der Waals surface area contributed by atoms with Crippen LogP contribution in [-0.2, 0) is 0 Å². The van der Waals surface area contributed by atoms with Crippen LogP contribution in [0.3, 0.4) is 0 Å². The molecule has 0 saturated carbocycles. The van der Waals surface area contributed by atoms with E-state index in [0.717, 1.165) is 17.9 Å². The zero-order chi connectivity index (χ0) is 13.5. The van der Waals surface area contributed by atoms with Crippen LogP contribution in [0.2, 0.25) is 0 Å². The van der Waals surface area contributed by atoms with E-state index in [-0.39, 0.29) is 5.82 Å². The van der Waals surface area contributed by atoms with Gasteiger partial charge in [0, 0.05) is 18.3 Å². The van der Waals surface area contributed by atoms with Gasteiger partial charge in [0.05, 0.1) is 6.10 Å². The molecule has 0 saturated heterocycles. The van der Waals surface area contributed by atoms with Crippen LogP contribution < -0.4 is 0 Å². The lowest BCUT2D eigenvalue weighted by molar-refractivity contribution is 0.142. The van der Waals surface area contributed by atoms with Crippen LogP contribution in [0.15, 0.2) is 24.3 Å². The summed E-state index contributed by atoms with van der Waals surface area (Å²) in [6.45, 7) is 3.01. The van der Waals surface area contributed by atoms with Gasteiger partial charge in [0.1, 0.15) is 5.82 Å². The van der Waals surface area contributed by atoms with E-state index in [4.69, 9.17) is 0 Å². The fourth-order valence-electron chi connectivity index (χ4n) is 1.77. The Morgan fingerprint density at radius 2 is 1.94 bits per heavy atom. The number of rotatable bonds is 7. The molecular formula is C14H22FNOS. The quantitative estimate of drug-likeness (QED) is 0.825. The van der Waals surface area contributed by atoms with Crippen molar-refractivity contribution in [1.29, 1.82) is 0 Å². The van der Waals surface area contributed by atoms with Crippen LogP contribution >= 0.6 is 11.8 Å². The Morgan fingerprint density at radius 3 is 2.50 bits per heavy atom. The van der Waals surface area contributed by atoms with Crippen LogP contribution in [0, 0.1) is 5.82 Å². The number of hydrogen-bond donors (Lipinski definition) is 1. The maximum absolute atomic E-state index is 12.8. The fraction of sp³-hybridized carbons (Fsp3) is 0.571. The number of hydrogen-bond acceptors (Lipinski definition) is 3. The summed E-state index contributed by atoms with van der Waals surface area (Å²) in [5.74, 6) is 0.819. The van der Waals surface area contributed by atoms with Gasteiger partial charge in [-0.05, 0) is 44.3 Å². The SMILES string of the molecule is CSCC(C)N(C)CCC(O)c1ccc(F)cc1. The fourth-order valence-corrected chi connectivity index (χ4v) is 2.50. The predicted molar refractivity (Wildman–Crippen MR) is 76.5 cm³/mol. The van der Waals surface area contributed by atoms with Gasteiger partial charge in [0.15, 0.2) is 0 Å². The minimum atomic E-state index is -0.519. The maximum atomic E-state index is 12.8. The molecule has 0 aliphatic rings. The lowest BCUT2D eigenvalue weighted by Gasteiger charge is -2.25. The maximum Gasteiger partial charge on any atom is 0.123 e. The monoisotopic (exact) mass is 271 g/mol. The lowest BCUT2D eigenvalue weighted by Crippen LogP contribution is -2.32. The molecule has 1 aromatic carbocycles. The molecule has 1 aromatic rings. The van der Waals surface area contributed by atoms with Crippen molar-refractivity contribution >= 4 is 11.8 Å². The highest BCUT2D eigenvalue weighted by Crippen LogP contribution is 2.17. The standard InChI is InChI=1S/C14H22FNOS/c1-11(10-18-3)16(2)9-8-14(17)12-4-6-13(15)7-5-12/h4-7,11,14,17H,8-10H2,1-3H3. The summed E-state index contributed by atoms with van der Waals surface area (Å²) in [5.41, 5.74) is 0.780. The largest absolute Gasteiger partial charge is 0.388 e. The van der Waals surface area contributed by atoms with Gasteiger partial charge < -0.3 is 10.0 Å². The summed E-state index contributed by atoms with van der Waals surface area (Å²) in [6.07, 6.45) is 2.24. The zero-order valence-corrected chi connectivity index (χ0v) is 12.1. The van der Waals surface area contributed by atoms with Crippen molar-refractivity contribution in [2.24, 2.45) is 0 Å². The van der Waals surface area contributed by atoms with Crippen molar-refractivity contribution in [3.63, 3.8) is 0 Å². The lowest BCUT2D eigenvalue weighted by atomic mass is 10.1. The highest BCUT2D eigenvalue weighted by Gasteiger charge is 2.12. The van der Waals surface area contributed by atoms with E-state index in [0.29, 0.717) is 12.5 Å². The Morgan fingerprint density at radius 1 is 1.33 bits per heavy atom. The molecule has 0 bridgehead atoms. The average Bonchev–Trinajstić information content (AvgIpc) is 2.36. The number of thioether (sulfide) groups is 1. The normalized spacial score (nSPS) is 14.8. The molecule has 2 unspecified atom stereocenters. The number of halogens is 1. The number of benzene rings is 1. The molecule has 1 N–H and O–H groups in total. The van der Waals surface area contributed by atoms with Gasteiger partial charge in [-0.2, -0.15) is 11.8 Å². The van der Waals surface area contributed by atoms with Crippen LogP contribution in [0.5, 0.6) is 0 Å². The first kappa shape index (κ1) is 15.5. The van der Waals surface area contributed by atoms with E-state index in [1.54, 1.807) is 12.1 Å². The van der Waals surface area contributed by atoms with Crippen LogP contribution in [0.1, 0.15) is 25.0 Å². The van der Waals surface area contributed by atoms with E-state index in [1.807, 2.05) is 11.8 Å². The summed E-state index contributed by atoms with van der Waals surface area (Å²) in [7, 11) is 2.07. The zero-order valence-electron chi connectivity index (χ0n) is 11.3. The first-order valence-corrected chi connectivity index (χ1v) is 7.56. The third-order valence-electron chi connectivity index (χ3n) is 3.17. The molecular weight excluding hydrogens is 249 g/mol. The first-order chi connectivity index (χ1) is 8.54. The van der Waals surface area contributed by atoms with Crippen molar-refractivity contribution in [2.75, 3.05) is 25.6 Å². The molecule has 0 heterocycles. The third kappa shape index (κ3) is 4.96. The van der Waals surface area contributed by atoms with Crippen molar-refractivity contribution < 1.29 is 9.50 Å².